The van der Waals surface area contributed by atoms with Gasteiger partial charge in [0.05, 0.1) is 9.79 Å². The molecule has 0 saturated heterocycles. The van der Waals surface area contributed by atoms with E-state index in [-0.39, 0.29) is 21.0 Å². The number of halogens is 1. The fourth-order valence-electron chi connectivity index (χ4n) is 1.84. The molecular weight excluding hydrogens is 331 g/mol. The predicted octanol–water partition coefficient (Wildman–Crippen LogP) is 1.58. The lowest BCUT2D eigenvalue weighted by Crippen LogP contribution is -2.15. The van der Waals surface area contributed by atoms with Crippen molar-refractivity contribution in [2.45, 2.75) is 16.7 Å². The molecule has 0 amide bonds. The predicted molar refractivity (Wildman–Crippen MR) is 79.8 cm³/mol. The largest absolute Gasteiger partial charge is 0.280 e. The molecule has 0 aliphatic rings. The van der Waals surface area contributed by atoms with Crippen molar-refractivity contribution in [2.75, 3.05) is 4.72 Å². The Kier molecular flexibility index (Phi) is 4.23. The summed E-state index contributed by atoms with van der Waals surface area (Å²) in [5.41, 5.74) is 0.421. The van der Waals surface area contributed by atoms with Crippen LogP contribution in [0.3, 0.4) is 0 Å². The van der Waals surface area contributed by atoms with Gasteiger partial charge in [0.15, 0.2) is 0 Å². The summed E-state index contributed by atoms with van der Waals surface area (Å²) >= 11 is 0. The number of aryl methyl sites for hydroxylation is 1. The first-order valence-electron chi connectivity index (χ1n) is 6.01. The van der Waals surface area contributed by atoms with Crippen molar-refractivity contribution in [1.82, 2.24) is 0 Å². The molecule has 2 aromatic rings. The number of nitrogens with one attached hydrogen (secondary N) is 1. The monoisotopic (exact) mass is 344 g/mol. The number of hydrogen-bond donors (Lipinski definition) is 2. The summed E-state index contributed by atoms with van der Waals surface area (Å²) in [5, 5.41) is 4.96. The second-order valence-electron chi connectivity index (χ2n) is 4.58. The summed E-state index contributed by atoms with van der Waals surface area (Å²) in [6.45, 7) is 1.47. The van der Waals surface area contributed by atoms with E-state index in [0.29, 0.717) is 0 Å². The summed E-state index contributed by atoms with van der Waals surface area (Å²) < 4.78 is 62.1. The van der Waals surface area contributed by atoms with E-state index < -0.39 is 25.9 Å². The maximum atomic E-state index is 13.0. The van der Waals surface area contributed by atoms with Crippen molar-refractivity contribution < 1.29 is 21.2 Å². The number of benzene rings is 2. The maximum Gasteiger partial charge on any atom is 0.262 e. The maximum absolute atomic E-state index is 13.0. The smallest absolute Gasteiger partial charge is 0.262 e. The summed E-state index contributed by atoms with van der Waals surface area (Å²) in [4.78, 5) is -0.196. The molecule has 0 unspecified atom stereocenters. The fraction of sp³-hybridized carbons (Fsp3) is 0.0769. The van der Waals surface area contributed by atoms with Crippen LogP contribution >= 0.6 is 0 Å². The second-order valence-corrected chi connectivity index (χ2v) is 7.80. The van der Waals surface area contributed by atoms with Gasteiger partial charge in [-0.2, -0.15) is 0 Å². The number of hydrogen-bond acceptors (Lipinski definition) is 4. The number of anilines is 1. The molecule has 22 heavy (non-hydrogen) atoms. The Morgan fingerprint density at radius 1 is 1.00 bits per heavy atom. The highest BCUT2D eigenvalue weighted by atomic mass is 32.2. The number of rotatable bonds is 4. The first kappa shape index (κ1) is 16.4. The third-order valence-corrected chi connectivity index (χ3v) is 5.33. The van der Waals surface area contributed by atoms with E-state index in [9.17, 15) is 21.2 Å². The molecule has 9 heteroatoms. The van der Waals surface area contributed by atoms with Gasteiger partial charge in [-0.1, -0.05) is 0 Å². The highest BCUT2D eigenvalue weighted by molar-refractivity contribution is 7.92. The Balaban J connectivity index is 2.33. The van der Waals surface area contributed by atoms with Gasteiger partial charge in [-0.15, -0.1) is 0 Å². The lowest BCUT2D eigenvalue weighted by atomic mass is 10.2. The normalized spacial score (nSPS) is 12.1. The van der Waals surface area contributed by atoms with E-state index in [1.54, 1.807) is 0 Å². The molecule has 3 N–H and O–H groups in total. The zero-order valence-corrected chi connectivity index (χ0v) is 13.1. The molecule has 118 valence electrons. The number of sulfonamides is 2. The van der Waals surface area contributed by atoms with Crippen LogP contribution in [0, 0.1) is 12.7 Å². The third-order valence-electron chi connectivity index (χ3n) is 2.86. The van der Waals surface area contributed by atoms with Crippen molar-refractivity contribution in [3.63, 3.8) is 0 Å². The molecule has 0 aliphatic heterocycles. The Morgan fingerprint density at radius 3 is 2.09 bits per heavy atom. The average Bonchev–Trinajstić information content (AvgIpc) is 2.37. The zero-order valence-electron chi connectivity index (χ0n) is 11.4. The standard InChI is InChI=1S/C13H13FN2O4S2/c1-9-8-10(14)2-7-13(9)22(19,20)16-11-3-5-12(6-4-11)21(15,17)18/h2-8,16H,1H3,(H2,15,17,18). The molecule has 0 atom stereocenters. The van der Waals surface area contributed by atoms with E-state index in [1.165, 1.54) is 31.2 Å². The molecule has 2 aromatic carbocycles. The molecule has 2 rings (SSSR count). The third kappa shape index (κ3) is 3.62. The minimum Gasteiger partial charge on any atom is -0.280 e. The molecule has 0 spiro atoms. The lowest BCUT2D eigenvalue weighted by molar-refractivity contribution is 0.596. The summed E-state index contributed by atoms with van der Waals surface area (Å²) in [7, 11) is -7.75. The van der Waals surface area contributed by atoms with E-state index in [0.717, 1.165) is 18.2 Å². The van der Waals surface area contributed by atoms with Crippen LogP contribution in [0.5, 0.6) is 0 Å². The minimum absolute atomic E-state index is 0.0653. The van der Waals surface area contributed by atoms with Gasteiger partial charge in [-0.3, -0.25) is 4.72 Å². The molecule has 0 aliphatic carbocycles. The topological polar surface area (TPSA) is 106 Å². The van der Waals surface area contributed by atoms with Gasteiger partial charge in [0.1, 0.15) is 5.82 Å². The van der Waals surface area contributed by atoms with Crippen LogP contribution in [-0.4, -0.2) is 16.8 Å². The first-order chi connectivity index (χ1) is 10.1. The molecular formula is C13H13FN2O4S2. The molecule has 0 aromatic heterocycles. The van der Waals surface area contributed by atoms with E-state index in [4.69, 9.17) is 5.14 Å². The fourth-order valence-corrected chi connectivity index (χ4v) is 3.64. The lowest BCUT2D eigenvalue weighted by Gasteiger charge is -2.10. The number of primary sulfonamides is 1. The summed E-state index contributed by atoms with van der Waals surface area (Å²) in [6.07, 6.45) is 0. The van der Waals surface area contributed by atoms with Crippen molar-refractivity contribution in [1.29, 1.82) is 0 Å². The molecule has 0 fully saturated rings. The summed E-state index contributed by atoms with van der Waals surface area (Å²) in [5.74, 6) is -0.533. The molecule has 6 nitrogen and oxygen atoms in total. The van der Waals surface area contributed by atoms with Crippen LogP contribution in [-0.2, 0) is 20.0 Å². The SMILES string of the molecule is Cc1cc(F)ccc1S(=O)(=O)Nc1ccc(S(N)(=O)=O)cc1. The van der Waals surface area contributed by atoms with Crippen LogP contribution in [0.2, 0.25) is 0 Å². The van der Waals surface area contributed by atoms with Gasteiger partial charge < -0.3 is 0 Å². The Bertz CT molecular complexity index is 908. The van der Waals surface area contributed by atoms with Crippen molar-refractivity contribution >= 4 is 25.7 Å². The zero-order chi connectivity index (χ0) is 16.5. The van der Waals surface area contributed by atoms with Crippen LogP contribution in [0.15, 0.2) is 52.3 Å². The molecule has 0 heterocycles. The van der Waals surface area contributed by atoms with Gasteiger partial charge in [-0.05, 0) is 55.0 Å². The minimum atomic E-state index is -3.91. The quantitative estimate of drug-likeness (QED) is 0.878. The van der Waals surface area contributed by atoms with Crippen LogP contribution in [0.25, 0.3) is 0 Å². The van der Waals surface area contributed by atoms with Crippen molar-refractivity contribution in [3.8, 4) is 0 Å². The average molecular weight is 344 g/mol. The Hall–Kier alpha value is -1.97. The van der Waals surface area contributed by atoms with Crippen LogP contribution in [0.1, 0.15) is 5.56 Å². The Morgan fingerprint density at radius 2 is 1.59 bits per heavy atom. The second kappa shape index (κ2) is 5.67. The highest BCUT2D eigenvalue weighted by Gasteiger charge is 2.17. The first-order valence-corrected chi connectivity index (χ1v) is 9.04. The van der Waals surface area contributed by atoms with E-state index in [2.05, 4.69) is 4.72 Å². The molecule has 0 saturated carbocycles. The van der Waals surface area contributed by atoms with Crippen molar-refractivity contribution in [2.24, 2.45) is 5.14 Å². The van der Waals surface area contributed by atoms with Crippen molar-refractivity contribution in [3.05, 3.63) is 53.8 Å². The van der Waals surface area contributed by atoms with Gasteiger partial charge in [0.2, 0.25) is 10.0 Å². The molecule has 0 radical (unpaired) electrons. The summed E-state index contributed by atoms with van der Waals surface area (Å²) in [6, 6.07) is 8.23. The van der Waals surface area contributed by atoms with Gasteiger partial charge in [0, 0.05) is 5.69 Å². The van der Waals surface area contributed by atoms with Crippen LogP contribution in [0.4, 0.5) is 10.1 Å². The van der Waals surface area contributed by atoms with Crippen LogP contribution < -0.4 is 9.86 Å². The van der Waals surface area contributed by atoms with Gasteiger partial charge in [-0.25, -0.2) is 26.4 Å². The number of nitrogens with two attached hydrogens (primary N) is 1. The van der Waals surface area contributed by atoms with Gasteiger partial charge in [0.25, 0.3) is 10.0 Å². The Labute approximate surface area is 127 Å². The van der Waals surface area contributed by atoms with Gasteiger partial charge >= 0.3 is 0 Å². The molecule has 0 bridgehead atoms. The van der Waals surface area contributed by atoms with E-state index in [1.807, 2.05) is 0 Å². The van der Waals surface area contributed by atoms with E-state index >= 15 is 0 Å². The highest BCUT2D eigenvalue weighted by Crippen LogP contribution is 2.21.